The van der Waals surface area contributed by atoms with Crippen LogP contribution in [0.3, 0.4) is 0 Å². The minimum atomic E-state index is -1.81. The van der Waals surface area contributed by atoms with Crippen LogP contribution in [0.25, 0.3) is 0 Å². The number of carbonyl (C=O) groups excluding carboxylic acids is 1. The Morgan fingerprint density at radius 3 is 2.27 bits per heavy atom. The van der Waals surface area contributed by atoms with Crippen molar-refractivity contribution in [3.8, 4) is 0 Å². The van der Waals surface area contributed by atoms with Gasteiger partial charge in [-0.05, 0) is 105 Å². The van der Waals surface area contributed by atoms with Crippen molar-refractivity contribution in [1.29, 1.82) is 0 Å². The SMILES string of the molecule is CC[C@H]1OC(=O)[C@H](C)[C@@H](O[C@H]2C[C@@](C)(OC)[C@@H](O)[C@H](C)O2)C[C@@H](O[C@H]2C[C@@H](N(C)CCc3cn([C@H](CF)[C@H](OC)c4ccc(N5CC[C@H](F)C5)cc4)nn3)C[C@@H](C)O2)[C@H](O)C[C@@H](C)CN(C)[C@H](C)[C@@H](O)[C@]1(C)O. The Morgan fingerprint density at radius 2 is 1.64 bits per heavy atom. The first kappa shape index (κ1) is 59.3. The molecule has 4 fully saturated rings. The number of benzene rings is 1. The van der Waals surface area contributed by atoms with Gasteiger partial charge in [-0.1, -0.05) is 31.2 Å². The number of halogens is 2. The number of aliphatic hydroxyl groups excluding tert-OH is 3. The van der Waals surface area contributed by atoms with Gasteiger partial charge in [-0.3, -0.25) is 4.79 Å². The van der Waals surface area contributed by atoms with E-state index in [2.05, 4.69) is 15.2 Å². The van der Waals surface area contributed by atoms with Gasteiger partial charge in [-0.2, -0.15) is 0 Å². The number of hydrogen-bond donors (Lipinski definition) is 4. The van der Waals surface area contributed by atoms with Crippen LogP contribution in [0.1, 0.15) is 124 Å². The van der Waals surface area contributed by atoms with Gasteiger partial charge in [0.05, 0.1) is 47.7 Å². The number of anilines is 1. The van der Waals surface area contributed by atoms with Gasteiger partial charge in [-0.15, -0.1) is 5.10 Å². The maximum absolute atomic E-state index is 14.8. The maximum Gasteiger partial charge on any atom is 0.311 e. The highest BCUT2D eigenvalue weighted by Gasteiger charge is 2.49. The van der Waals surface area contributed by atoms with Crippen molar-refractivity contribution in [3.63, 3.8) is 0 Å². The topological polar surface area (TPSA) is 203 Å². The molecule has 4 N–H and O–H groups in total. The molecule has 20 heteroatoms. The van der Waals surface area contributed by atoms with Crippen molar-refractivity contribution >= 4 is 11.7 Å². The Morgan fingerprint density at radius 1 is 0.945 bits per heavy atom. The third-order valence-corrected chi connectivity index (χ3v) is 16.4. The number of aromatic nitrogens is 3. The van der Waals surface area contributed by atoms with Crippen molar-refractivity contribution in [2.75, 3.05) is 66.1 Å². The number of cyclic esters (lactones) is 1. The molecule has 73 heavy (non-hydrogen) atoms. The van der Waals surface area contributed by atoms with Crippen LogP contribution in [-0.4, -0.2) is 203 Å². The predicted molar refractivity (Wildman–Crippen MR) is 269 cm³/mol. The van der Waals surface area contributed by atoms with Crippen LogP contribution in [0.2, 0.25) is 0 Å². The summed E-state index contributed by atoms with van der Waals surface area (Å²) in [5.41, 5.74) is -0.461. The van der Waals surface area contributed by atoms with Gasteiger partial charge in [0.25, 0.3) is 0 Å². The zero-order chi connectivity index (χ0) is 53.5. The quantitative estimate of drug-likeness (QED) is 0.165. The lowest BCUT2D eigenvalue weighted by atomic mass is 9.86. The minimum absolute atomic E-state index is 0.00513. The molecule has 18 nitrogen and oxygen atoms in total. The van der Waals surface area contributed by atoms with Crippen molar-refractivity contribution < 1.29 is 67.2 Å². The number of nitrogens with zero attached hydrogens (tertiary/aromatic N) is 6. The molecule has 19 atom stereocenters. The smallest absolute Gasteiger partial charge is 0.311 e. The van der Waals surface area contributed by atoms with Crippen LogP contribution in [0.15, 0.2) is 30.5 Å². The van der Waals surface area contributed by atoms with Crippen LogP contribution in [0, 0.1) is 11.8 Å². The summed E-state index contributed by atoms with van der Waals surface area (Å²) in [7, 11) is 6.93. The fourth-order valence-corrected chi connectivity index (χ4v) is 11.3. The average Bonchev–Trinajstić information content (AvgIpc) is 4.02. The third-order valence-electron chi connectivity index (χ3n) is 16.4. The second-order valence-electron chi connectivity index (χ2n) is 22.1. The van der Waals surface area contributed by atoms with Gasteiger partial charge in [0.1, 0.15) is 48.9 Å². The number of esters is 1. The normalized spacial score (nSPS) is 38.7. The molecule has 0 bridgehead atoms. The zero-order valence-corrected chi connectivity index (χ0v) is 45.4. The first-order chi connectivity index (χ1) is 34.5. The summed E-state index contributed by atoms with van der Waals surface area (Å²) in [5.74, 6) is -1.77. The van der Waals surface area contributed by atoms with E-state index in [1.165, 1.54) is 18.7 Å². The highest BCUT2D eigenvalue weighted by Crippen LogP contribution is 2.37. The summed E-state index contributed by atoms with van der Waals surface area (Å²) < 4.78 is 74.1. The second kappa shape index (κ2) is 25.9. The molecule has 5 heterocycles. The molecule has 0 unspecified atom stereocenters. The number of ether oxygens (including phenoxy) is 7. The van der Waals surface area contributed by atoms with Gasteiger partial charge in [-0.25, -0.2) is 13.5 Å². The molecule has 6 rings (SSSR count). The molecule has 4 aliphatic rings. The number of rotatable bonds is 16. The van der Waals surface area contributed by atoms with Crippen molar-refractivity contribution in [1.82, 2.24) is 24.8 Å². The molecule has 0 saturated carbocycles. The zero-order valence-electron chi connectivity index (χ0n) is 45.4. The molecule has 0 aliphatic carbocycles. The van der Waals surface area contributed by atoms with E-state index in [-0.39, 0.29) is 43.7 Å². The number of carbonyl (C=O) groups is 1. The lowest BCUT2D eigenvalue weighted by molar-refractivity contribution is -0.297. The Labute approximate surface area is 431 Å². The fourth-order valence-electron chi connectivity index (χ4n) is 11.3. The van der Waals surface area contributed by atoms with Crippen LogP contribution in [0.5, 0.6) is 0 Å². The Hall–Kier alpha value is -2.99. The summed E-state index contributed by atoms with van der Waals surface area (Å²) >= 11 is 0. The van der Waals surface area contributed by atoms with Gasteiger partial charge in [0.15, 0.2) is 12.6 Å². The third kappa shape index (κ3) is 14.5. The van der Waals surface area contributed by atoms with Gasteiger partial charge in [0.2, 0.25) is 0 Å². The van der Waals surface area contributed by atoms with Crippen molar-refractivity contribution in [3.05, 3.63) is 41.7 Å². The molecule has 4 aliphatic heterocycles. The van der Waals surface area contributed by atoms with E-state index < -0.39 is 109 Å². The predicted octanol–water partition coefficient (Wildman–Crippen LogP) is 4.94. The first-order valence-electron chi connectivity index (χ1n) is 26.5. The number of likely N-dealkylation sites (N-methyl/N-ethyl adjacent to an activating group) is 2. The molecule has 416 valence electrons. The highest BCUT2D eigenvalue weighted by molar-refractivity contribution is 5.73. The minimum Gasteiger partial charge on any atom is -0.459 e. The van der Waals surface area contributed by atoms with E-state index in [1.807, 2.05) is 68.9 Å². The average molecular weight is 1040 g/mol. The molecule has 0 spiro atoms. The number of aliphatic hydroxyl groups is 4. The second-order valence-corrected chi connectivity index (χ2v) is 22.1. The fraction of sp³-hybridized carbons (Fsp3) is 0.830. The van der Waals surface area contributed by atoms with Crippen LogP contribution in [0.4, 0.5) is 14.5 Å². The molecular weight excluding hydrogens is 951 g/mol. The molecule has 2 aromatic rings. The largest absolute Gasteiger partial charge is 0.459 e. The van der Waals surface area contributed by atoms with Crippen molar-refractivity contribution in [2.24, 2.45) is 11.8 Å². The number of alkyl halides is 2. The molecule has 0 amide bonds. The number of hydrogen-bond acceptors (Lipinski definition) is 17. The summed E-state index contributed by atoms with van der Waals surface area (Å²) in [6, 6.07) is 6.31. The standard InChI is InChI=1S/C53H88F2N6O12/c1-13-45-53(8,66)49(63)34(5)59(10)28-31(2)22-42(62)44(25-43(33(4)51(65)73-45)71-47-26-52(7,68-12)50(64)35(6)70-47)72-46-24-40(23-32(3)69-46)58(9)20-19-38-30-61(57-56-38)41(27-54)48(67-11)36-14-16-39(17-15-36)60-21-18-37(55)29-60/h14-17,30-35,37,40-50,62-64,66H,13,18-29H2,1-12H3/t31-,32-,33-,34-,35+,37+,40+,41-,42-,43+,44-,45-,46+,47+,48-,49-,50+,52-,53-/m1/s1. The molecule has 1 aromatic carbocycles. The highest BCUT2D eigenvalue weighted by atomic mass is 19.1. The van der Waals surface area contributed by atoms with Gasteiger partial charge < -0.3 is 68.3 Å². The lowest BCUT2D eigenvalue weighted by Gasteiger charge is -2.45. The van der Waals surface area contributed by atoms with Crippen LogP contribution < -0.4 is 4.90 Å². The molecular formula is C53H88F2N6O12. The van der Waals surface area contributed by atoms with E-state index in [0.29, 0.717) is 57.6 Å². The summed E-state index contributed by atoms with van der Waals surface area (Å²) in [6.07, 6.45) is -5.69. The molecule has 4 saturated heterocycles. The van der Waals surface area contributed by atoms with Gasteiger partial charge in [0, 0.05) is 90.0 Å². The summed E-state index contributed by atoms with van der Waals surface area (Å²) in [4.78, 5) is 20.4. The summed E-state index contributed by atoms with van der Waals surface area (Å²) in [5, 5.41) is 55.4. The van der Waals surface area contributed by atoms with E-state index in [1.54, 1.807) is 41.0 Å². The molecule has 0 radical (unpaired) electrons. The molecule has 1 aromatic heterocycles. The Bertz CT molecular complexity index is 2010. The lowest BCUT2D eigenvalue weighted by Crippen LogP contribution is -2.59. The van der Waals surface area contributed by atoms with Crippen LogP contribution in [-0.2, 0) is 44.4 Å². The maximum atomic E-state index is 14.8. The van der Waals surface area contributed by atoms with Crippen LogP contribution >= 0.6 is 0 Å². The Kier molecular flexibility index (Phi) is 21.0. The van der Waals surface area contributed by atoms with E-state index in [0.717, 1.165) is 11.3 Å². The van der Waals surface area contributed by atoms with E-state index >= 15 is 0 Å². The number of methoxy groups -OCH3 is 2. The van der Waals surface area contributed by atoms with Gasteiger partial charge >= 0.3 is 5.97 Å². The monoisotopic (exact) mass is 1040 g/mol. The summed E-state index contributed by atoms with van der Waals surface area (Å²) in [6.45, 7) is 15.6. The Balaban J connectivity index is 1.18. The van der Waals surface area contributed by atoms with E-state index in [4.69, 9.17) is 33.2 Å². The van der Waals surface area contributed by atoms with E-state index in [9.17, 15) is 34.0 Å². The first-order valence-corrected chi connectivity index (χ1v) is 26.5. The van der Waals surface area contributed by atoms with Crippen molar-refractivity contribution in [2.45, 2.75) is 210 Å².